The SMILES string of the molecule is CC(C)CCC(C)NCCn1cccn1. The fourth-order valence-corrected chi connectivity index (χ4v) is 1.54. The van der Waals surface area contributed by atoms with E-state index < -0.39 is 0 Å². The van der Waals surface area contributed by atoms with Crippen molar-refractivity contribution in [2.75, 3.05) is 6.54 Å². The molecule has 1 rings (SSSR count). The first-order valence-electron chi connectivity index (χ1n) is 5.89. The lowest BCUT2D eigenvalue weighted by molar-refractivity contribution is 0.435. The van der Waals surface area contributed by atoms with Crippen molar-refractivity contribution >= 4 is 0 Å². The van der Waals surface area contributed by atoms with E-state index >= 15 is 0 Å². The highest BCUT2D eigenvalue weighted by Crippen LogP contribution is 2.05. The molecule has 0 aliphatic rings. The van der Waals surface area contributed by atoms with Crippen LogP contribution < -0.4 is 5.32 Å². The highest BCUT2D eigenvalue weighted by atomic mass is 15.3. The molecule has 0 aromatic carbocycles. The lowest BCUT2D eigenvalue weighted by Crippen LogP contribution is -2.29. The van der Waals surface area contributed by atoms with Gasteiger partial charge in [0, 0.05) is 25.0 Å². The number of rotatable bonds is 7. The Morgan fingerprint density at radius 2 is 2.07 bits per heavy atom. The van der Waals surface area contributed by atoms with Crippen LogP contribution in [0, 0.1) is 5.92 Å². The van der Waals surface area contributed by atoms with Crippen LogP contribution in [0.2, 0.25) is 0 Å². The summed E-state index contributed by atoms with van der Waals surface area (Å²) in [5, 5.41) is 7.68. The first-order chi connectivity index (χ1) is 7.18. The van der Waals surface area contributed by atoms with Crippen LogP contribution in [0.1, 0.15) is 33.6 Å². The molecule has 0 saturated carbocycles. The van der Waals surface area contributed by atoms with Crippen LogP contribution in [0.3, 0.4) is 0 Å². The molecular formula is C12H23N3. The molecule has 1 N–H and O–H groups in total. The maximum absolute atomic E-state index is 4.16. The van der Waals surface area contributed by atoms with Crippen molar-refractivity contribution in [3.63, 3.8) is 0 Å². The van der Waals surface area contributed by atoms with Gasteiger partial charge in [0.15, 0.2) is 0 Å². The van der Waals surface area contributed by atoms with Gasteiger partial charge in [0.1, 0.15) is 0 Å². The molecule has 1 aromatic heterocycles. The summed E-state index contributed by atoms with van der Waals surface area (Å²) in [6.45, 7) is 8.76. The Morgan fingerprint density at radius 1 is 1.27 bits per heavy atom. The molecule has 86 valence electrons. The van der Waals surface area contributed by atoms with Crippen molar-refractivity contribution in [2.45, 2.75) is 46.2 Å². The van der Waals surface area contributed by atoms with Crippen LogP contribution in [-0.2, 0) is 6.54 Å². The number of nitrogens with one attached hydrogen (secondary N) is 1. The van der Waals surface area contributed by atoms with Gasteiger partial charge in [-0.3, -0.25) is 4.68 Å². The zero-order valence-electron chi connectivity index (χ0n) is 10.1. The maximum atomic E-state index is 4.16. The topological polar surface area (TPSA) is 29.9 Å². The number of hydrogen-bond acceptors (Lipinski definition) is 2. The maximum Gasteiger partial charge on any atom is 0.0534 e. The summed E-state index contributed by atoms with van der Waals surface area (Å²) in [7, 11) is 0. The molecule has 0 aliphatic carbocycles. The minimum absolute atomic E-state index is 0.614. The Kier molecular flexibility index (Phi) is 5.40. The van der Waals surface area contributed by atoms with Crippen LogP contribution in [0.4, 0.5) is 0 Å². The first kappa shape index (κ1) is 12.2. The lowest BCUT2D eigenvalue weighted by atomic mass is 10.0. The van der Waals surface area contributed by atoms with Crippen molar-refractivity contribution in [3.8, 4) is 0 Å². The van der Waals surface area contributed by atoms with Gasteiger partial charge in [-0.05, 0) is 31.7 Å². The molecule has 0 fully saturated rings. The molecule has 0 aliphatic heterocycles. The van der Waals surface area contributed by atoms with Crippen LogP contribution in [0.5, 0.6) is 0 Å². The summed E-state index contributed by atoms with van der Waals surface area (Å²) >= 11 is 0. The van der Waals surface area contributed by atoms with E-state index in [1.165, 1.54) is 12.8 Å². The molecule has 1 aromatic rings. The predicted molar refractivity (Wildman–Crippen MR) is 63.8 cm³/mol. The van der Waals surface area contributed by atoms with E-state index in [9.17, 15) is 0 Å². The van der Waals surface area contributed by atoms with Crippen LogP contribution in [0.25, 0.3) is 0 Å². The summed E-state index contributed by atoms with van der Waals surface area (Å²) < 4.78 is 1.96. The molecule has 0 radical (unpaired) electrons. The van der Waals surface area contributed by atoms with Crippen molar-refractivity contribution in [1.29, 1.82) is 0 Å². The standard InChI is InChI=1S/C12H23N3/c1-11(2)5-6-12(3)13-8-10-15-9-4-7-14-15/h4,7,9,11-13H,5-6,8,10H2,1-3H3. The molecule has 3 nitrogen and oxygen atoms in total. The monoisotopic (exact) mass is 209 g/mol. The summed E-state index contributed by atoms with van der Waals surface area (Å²) in [5.74, 6) is 0.806. The van der Waals surface area contributed by atoms with Gasteiger partial charge >= 0.3 is 0 Å². The molecule has 1 unspecified atom stereocenters. The van der Waals surface area contributed by atoms with Crippen molar-refractivity contribution in [2.24, 2.45) is 5.92 Å². The van der Waals surface area contributed by atoms with Gasteiger partial charge in [0.05, 0.1) is 6.54 Å². The highest BCUT2D eigenvalue weighted by molar-refractivity contribution is 4.77. The first-order valence-corrected chi connectivity index (χ1v) is 5.89. The van der Waals surface area contributed by atoms with Crippen molar-refractivity contribution in [3.05, 3.63) is 18.5 Å². The molecule has 0 bridgehead atoms. The number of aromatic nitrogens is 2. The average molecular weight is 209 g/mol. The molecule has 1 heterocycles. The van der Waals surface area contributed by atoms with Gasteiger partial charge in [-0.15, -0.1) is 0 Å². The smallest absolute Gasteiger partial charge is 0.0534 e. The fraction of sp³-hybridized carbons (Fsp3) is 0.750. The summed E-state index contributed by atoms with van der Waals surface area (Å²) in [5.41, 5.74) is 0. The van der Waals surface area contributed by atoms with Gasteiger partial charge in [0.2, 0.25) is 0 Å². The van der Waals surface area contributed by atoms with Gasteiger partial charge in [-0.2, -0.15) is 5.10 Å². The van der Waals surface area contributed by atoms with E-state index in [2.05, 4.69) is 31.2 Å². The molecule has 0 spiro atoms. The normalized spacial score (nSPS) is 13.3. The molecule has 0 amide bonds. The van der Waals surface area contributed by atoms with E-state index in [0.717, 1.165) is 19.0 Å². The quantitative estimate of drug-likeness (QED) is 0.746. The predicted octanol–water partition coefficient (Wildman–Crippen LogP) is 2.30. The summed E-state index contributed by atoms with van der Waals surface area (Å²) in [6, 6.07) is 2.57. The zero-order valence-corrected chi connectivity index (χ0v) is 10.1. The highest BCUT2D eigenvalue weighted by Gasteiger charge is 2.02. The van der Waals surface area contributed by atoms with Crippen LogP contribution >= 0.6 is 0 Å². The molecule has 1 atom stereocenters. The Balaban J connectivity index is 2.04. The van der Waals surface area contributed by atoms with Crippen LogP contribution in [0.15, 0.2) is 18.5 Å². The van der Waals surface area contributed by atoms with E-state index in [0.29, 0.717) is 6.04 Å². The molecule has 15 heavy (non-hydrogen) atoms. The van der Waals surface area contributed by atoms with Gasteiger partial charge in [0.25, 0.3) is 0 Å². The number of nitrogens with zero attached hydrogens (tertiary/aromatic N) is 2. The Morgan fingerprint density at radius 3 is 2.67 bits per heavy atom. The summed E-state index contributed by atoms with van der Waals surface area (Å²) in [4.78, 5) is 0. The third-order valence-corrected chi connectivity index (χ3v) is 2.57. The van der Waals surface area contributed by atoms with E-state index in [1.54, 1.807) is 0 Å². The van der Waals surface area contributed by atoms with Crippen molar-refractivity contribution in [1.82, 2.24) is 15.1 Å². The van der Waals surface area contributed by atoms with Crippen LogP contribution in [-0.4, -0.2) is 22.4 Å². The zero-order chi connectivity index (χ0) is 11.1. The second-order valence-electron chi connectivity index (χ2n) is 4.60. The van der Waals surface area contributed by atoms with E-state index in [4.69, 9.17) is 0 Å². The molecule has 3 heteroatoms. The second-order valence-corrected chi connectivity index (χ2v) is 4.60. The second kappa shape index (κ2) is 6.62. The third-order valence-electron chi connectivity index (χ3n) is 2.57. The van der Waals surface area contributed by atoms with Gasteiger partial charge in [-0.25, -0.2) is 0 Å². The largest absolute Gasteiger partial charge is 0.312 e. The fourth-order valence-electron chi connectivity index (χ4n) is 1.54. The Hall–Kier alpha value is -0.830. The minimum atomic E-state index is 0.614. The summed E-state index contributed by atoms with van der Waals surface area (Å²) in [6.07, 6.45) is 6.38. The van der Waals surface area contributed by atoms with Crippen molar-refractivity contribution < 1.29 is 0 Å². The Labute approximate surface area is 92.9 Å². The molecule has 0 saturated heterocycles. The third kappa shape index (κ3) is 5.57. The average Bonchev–Trinajstić information content (AvgIpc) is 2.67. The van der Waals surface area contributed by atoms with E-state index in [-0.39, 0.29) is 0 Å². The lowest BCUT2D eigenvalue weighted by Gasteiger charge is -2.14. The number of hydrogen-bond donors (Lipinski definition) is 1. The van der Waals surface area contributed by atoms with Gasteiger partial charge in [-0.1, -0.05) is 13.8 Å². The van der Waals surface area contributed by atoms with E-state index in [1.807, 2.05) is 23.1 Å². The van der Waals surface area contributed by atoms with Gasteiger partial charge < -0.3 is 5.32 Å². The Bertz CT molecular complexity index is 241. The molecular weight excluding hydrogens is 186 g/mol. The minimum Gasteiger partial charge on any atom is -0.312 e.